The number of fused-ring (bicyclic) bond motifs is 1. The third-order valence-electron chi connectivity index (χ3n) is 3.22. The van der Waals surface area contributed by atoms with Gasteiger partial charge in [0.25, 0.3) is 0 Å². The number of alkyl halides is 3. The van der Waals surface area contributed by atoms with Gasteiger partial charge < -0.3 is 10.1 Å². The number of hydrogen-bond donors (Lipinski definition) is 1. The molecule has 0 spiro atoms. The van der Waals surface area contributed by atoms with Gasteiger partial charge in [-0.05, 0) is 36.6 Å². The van der Waals surface area contributed by atoms with Crippen molar-refractivity contribution in [2.24, 2.45) is 0 Å². The number of rotatable bonds is 1. The Labute approximate surface area is 118 Å². The fourth-order valence-electron chi connectivity index (χ4n) is 2.24. The zero-order chi connectivity index (χ0) is 14.3. The normalized spacial score (nSPS) is 21.8. The van der Waals surface area contributed by atoms with Crippen LogP contribution in [0.25, 0.3) is 0 Å². The van der Waals surface area contributed by atoms with Gasteiger partial charge in [0.05, 0.1) is 17.3 Å². The summed E-state index contributed by atoms with van der Waals surface area (Å²) in [5, 5.41) is 5.04. The minimum absolute atomic E-state index is 0.0929. The van der Waals surface area contributed by atoms with Crippen LogP contribution in [-0.4, -0.2) is 6.04 Å². The molecule has 0 amide bonds. The minimum atomic E-state index is -4.34. The van der Waals surface area contributed by atoms with E-state index in [9.17, 15) is 13.2 Å². The summed E-state index contributed by atoms with van der Waals surface area (Å²) in [6, 6.07) is 7.31. The molecule has 1 aromatic carbocycles. The average molecular weight is 299 g/mol. The van der Waals surface area contributed by atoms with E-state index in [0.717, 1.165) is 17.0 Å². The molecule has 0 aliphatic carbocycles. The molecule has 2 aromatic rings. The molecule has 2 nitrogen and oxygen atoms in total. The van der Waals surface area contributed by atoms with Crippen molar-refractivity contribution >= 4 is 17.0 Å². The van der Waals surface area contributed by atoms with Crippen LogP contribution in [0.4, 0.5) is 18.9 Å². The Bertz CT molecular complexity index is 609. The Morgan fingerprint density at radius 2 is 2.05 bits per heavy atom. The highest BCUT2D eigenvalue weighted by Crippen LogP contribution is 2.41. The molecular weight excluding hydrogens is 287 g/mol. The molecule has 1 aromatic heterocycles. The SMILES string of the molecule is CC1Nc2cc(C(F)(F)F)ccc2OC1c1cccs1. The van der Waals surface area contributed by atoms with E-state index in [-0.39, 0.29) is 12.1 Å². The molecule has 2 atom stereocenters. The fraction of sp³-hybridized carbons (Fsp3) is 0.286. The van der Waals surface area contributed by atoms with E-state index in [4.69, 9.17) is 4.74 Å². The lowest BCUT2D eigenvalue weighted by atomic mass is 10.1. The van der Waals surface area contributed by atoms with E-state index in [0.29, 0.717) is 11.4 Å². The van der Waals surface area contributed by atoms with Crippen molar-refractivity contribution in [2.45, 2.75) is 25.2 Å². The first-order chi connectivity index (χ1) is 9.45. The van der Waals surface area contributed by atoms with Crippen LogP contribution in [0.2, 0.25) is 0 Å². The first kappa shape index (κ1) is 13.3. The Morgan fingerprint density at radius 1 is 1.25 bits per heavy atom. The molecule has 0 saturated heterocycles. The van der Waals surface area contributed by atoms with Crippen LogP contribution < -0.4 is 10.1 Å². The smallest absolute Gasteiger partial charge is 0.416 e. The zero-order valence-electron chi connectivity index (χ0n) is 10.6. The quantitative estimate of drug-likeness (QED) is 0.824. The third-order valence-corrected chi connectivity index (χ3v) is 4.16. The highest BCUT2D eigenvalue weighted by molar-refractivity contribution is 7.10. The Balaban J connectivity index is 1.93. The summed E-state index contributed by atoms with van der Waals surface area (Å²) in [6.45, 7) is 1.90. The van der Waals surface area contributed by atoms with Crippen molar-refractivity contribution in [1.82, 2.24) is 0 Å². The lowest BCUT2D eigenvalue weighted by Gasteiger charge is -2.32. The van der Waals surface area contributed by atoms with Crippen LogP contribution in [-0.2, 0) is 6.18 Å². The molecule has 1 aliphatic rings. The molecule has 0 fully saturated rings. The van der Waals surface area contributed by atoms with Gasteiger partial charge in [-0.1, -0.05) is 6.07 Å². The van der Waals surface area contributed by atoms with Gasteiger partial charge in [-0.3, -0.25) is 0 Å². The second-order valence-electron chi connectivity index (χ2n) is 4.70. The molecule has 106 valence electrons. The molecule has 2 unspecified atom stereocenters. The van der Waals surface area contributed by atoms with Gasteiger partial charge in [0.2, 0.25) is 0 Å². The summed E-state index contributed by atoms with van der Waals surface area (Å²) in [7, 11) is 0. The predicted molar refractivity (Wildman–Crippen MR) is 72.2 cm³/mol. The second-order valence-corrected chi connectivity index (χ2v) is 5.67. The minimum Gasteiger partial charge on any atom is -0.481 e. The number of halogens is 3. The van der Waals surface area contributed by atoms with Gasteiger partial charge in [-0.2, -0.15) is 13.2 Å². The number of benzene rings is 1. The lowest BCUT2D eigenvalue weighted by molar-refractivity contribution is -0.137. The maximum absolute atomic E-state index is 12.7. The standard InChI is InChI=1S/C14H12F3NOS/c1-8-13(12-3-2-6-20-12)19-11-5-4-9(14(15,16)17)7-10(11)18-8/h2-8,13,18H,1H3. The van der Waals surface area contributed by atoms with Crippen molar-refractivity contribution < 1.29 is 17.9 Å². The molecule has 0 bridgehead atoms. The molecule has 2 heterocycles. The number of hydrogen-bond acceptors (Lipinski definition) is 3. The molecule has 1 N–H and O–H groups in total. The molecule has 0 radical (unpaired) electrons. The molecular formula is C14H12F3NOS. The van der Waals surface area contributed by atoms with Gasteiger partial charge in [0, 0.05) is 4.88 Å². The van der Waals surface area contributed by atoms with Gasteiger partial charge in [0.15, 0.2) is 6.10 Å². The van der Waals surface area contributed by atoms with Gasteiger partial charge in [0.1, 0.15) is 5.75 Å². The van der Waals surface area contributed by atoms with Crippen molar-refractivity contribution in [3.8, 4) is 5.75 Å². The summed E-state index contributed by atoms with van der Waals surface area (Å²) in [5.41, 5.74) is -0.283. The first-order valence-electron chi connectivity index (χ1n) is 6.13. The third kappa shape index (κ3) is 2.35. The van der Waals surface area contributed by atoms with Gasteiger partial charge in [-0.15, -0.1) is 11.3 Å². The van der Waals surface area contributed by atoms with E-state index >= 15 is 0 Å². The topological polar surface area (TPSA) is 21.3 Å². The Morgan fingerprint density at radius 3 is 2.70 bits per heavy atom. The number of thiophene rings is 1. The van der Waals surface area contributed by atoms with Crippen molar-refractivity contribution in [3.63, 3.8) is 0 Å². The molecule has 0 saturated carbocycles. The first-order valence-corrected chi connectivity index (χ1v) is 7.01. The van der Waals surface area contributed by atoms with Crippen LogP contribution >= 0.6 is 11.3 Å². The van der Waals surface area contributed by atoms with Crippen molar-refractivity contribution in [2.75, 3.05) is 5.32 Å². The molecule has 3 rings (SSSR count). The summed E-state index contributed by atoms with van der Waals surface area (Å²) >= 11 is 1.57. The number of anilines is 1. The largest absolute Gasteiger partial charge is 0.481 e. The molecule has 6 heteroatoms. The molecule has 1 aliphatic heterocycles. The summed E-state index contributed by atoms with van der Waals surface area (Å²) in [4.78, 5) is 1.05. The van der Waals surface area contributed by atoms with Crippen LogP contribution in [0.15, 0.2) is 35.7 Å². The van der Waals surface area contributed by atoms with E-state index in [2.05, 4.69) is 5.32 Å². The average Bonchev–Trinajstić information content (AvgIpc) is 2.89. The highest BCUT2D eigenvalue weighted by Gasteiger charge is 2.34. The van der Waals surface area contributed by atoms with E-state index in [1.165, 1.54) is 6.07 Å². The van der Waals surface area contributed by atoms with E-state index in [1.54, 1.807) is 11.3 Å². The van der Waals surface area contributed by atoms with Gasteiger partial charge >= 0.3 is 6.18 Å². The van der Waals surface area contributed by atoms with Crippen molar-refractivity contribution in [3.05, 3.63) is 46.2 Å². The number of ether oxygens (including phenoxy) is 1. The van der Waals surface area contributed by atoms with Crippen LogP contribution in [0.1, 0.15) is 23.5 Å². The van der Waals surface area contributed by atoms with E-state index < -0.39 is 11.7 Å². The zero-order valence-corrected chi connectivity index (χ0v) is 11.4. The monoisotopic (exact) mass is 299 g/mol. The van der Waals surface area contributed by atoms with E-state index in [1.807, 2.05) is 24.4 Å². The Kier molecular flexibility index (Phi) is 3.12. The fourth-order valence-corrected chi connectivity index (χ4v) is 3.10. The number of nitrogens with one attached hydrogen (secondary N) is 1. The summed E-state index contributed by atoms with van der Waals surface area (Å²) < 4.78 is 43.9. The van der Waals surface area contributed by atoms with Crippen LogP contribution in [0, 0.1) is 0 Å². The lowest BCUT2D eigenvalue weighted by Crippen LogP contribution is -2.32. The van der Waals surface area contributed by atoms with Crippen LogP contribution in [0.5, 0.6) is 5.75 Å². The predicted octanol–water partition coefficient (Wildman–Crippen LogP) is 4.70. The van der Waals surface area contributed by atoms with Crippen LogP contribution in [0.3, 0.4) is 0 Å². The maximum atomic E-state index is 12.7. The van der Waals surface area contributed by atoms with Crippen molar-refractivity contribution in [1.29, 1.82) is 0 Å². The summed E-state index contributed by atoms with van der Waals surface area (Å²) in [5.74, 6) is 0.453. The summed E-state index contributed by atoms with van der Waals surface area (Å²) in [6.07, 6.45) is -4.52. The second kappa shape index (κ2) is 4.70. The maximum Gasteiger partial charge on any atom is 0.416 e. The van der Waals surface area contributed by atoms with Gasteiger partial charge in [-0.25, -0.2) is 0 Å². The Hall–Kier alpha value is -1.69. The highest BCUT2D eigenvalue weighted by atomic mass is 32.1. The molecule has 20 heavy (non-hydrogen) atoms.